The number of rotatable bonds is 1. The van der Waals surface area contributed by atoms with Gasteiger partial charge in [0.05, 0.1) is 0 Å². The van der Waals surface area contributed by atoms with Gasteiger partial charge in [0.25, 0.3) is 0 Å². The molecule has 17 heavy (non-hydrogen) atoms. The zero-order chi connectivity index (χ0) is 12.5. The van der Waals surface area contributed by atoms with Gasteiger partial charge in [-0.1, -0.05) is 30.4 Å². The molecule has 2 nitrogen and oxygen atoms in total. The lowest BCUT2D eigenvalue weighted by Gasteiger charge is -2.20. The largest absolute Gasteiger partial charge is 0.457 e. The minimum atomic E-state index is -0.427. The summed E-state index contributed by atoms with van der Waals surface area (Å²) in [6, 6.07) is 0. The van der Waals surface area contributed by atoms with Crippen molar-refractivity contribution in [3.63, 3.8) is 0 Å². The zero-order valence-electron chi connectivity index (χ0n) is 10.6. The molecule has 0 N–H and O–H groups in total. The molecule has 0 aromatic carbocycles. The molecule has 0 aromatic heterocycles. The quantitative estimate of drug-likeness (QED) is 0.645. The minimum absolute atomic E-state index is 0.178. The van der Waals surface area contributed by atoms with Gasteiger partial charge in [-0.2, -0.15) is 0 Å². The van der Waals surface area contributed by atoms with Crippen molar-refractivity contribution in [2.24, 2.45) is 0 Å². The van der Waals surface area contributed by atoms with E-state index in [0.717, 1.165) is 24.0 Å². The highest BCUT2D eigenvalue weighted by Crippen LogP contribution is 2.34. The summed E-state index contributed by atoms with van der Waals surface area (Å²) >= 11 is 0. The van der Waals surface area contributed by atoms with E-state index in [2.05, 4.69) is 6.08 Å². The average Bonchev–Trinajstić information content (AvgIpc) is 2.46. The predicted molar refractivity (Wildman–Crippen MR) is 68.5 cm³/mol. The molecular weight excluding hydrogens is 212 g/mol. The first-order valence-electron chi connectivity index (χ1n) is 5.98. The van der Waals surface area contributed by atoms with Gasteiger partial charge in [0.15, 0.2) is 0 Å². The first kappa shape index (κ1) is 11.9. The Morgan fingerprint density at radius 2 is 1.94 bits per heavy atom. The number of carbonyl (C=O) groups excluding carboxylic acids is 1. The number of hydrogen-bond donors (Lipinski definition) is 0. The molecule has 0 fully saturated rings. The van der Waals surface area contributed by atoms with Crippen molar-refractivity contribution in [2.75, 3.05) is 0 Å². The number of carbonyl (C=O) groups is 1. The van der Waals surface area contributed by atoms with Crippen molar-refractivity contribution in [1.82, 2.24) is 0 Å². The third-order valence-corrected chi connectivity index (χ3v) is 2.74. The van der Waals surface area contributed by atoms with Crippen molar-refractivity contribution >= 4 is 5.97 Å². The van der Waals surface area contributed by atoms with Crippen molar-refractivity contribution in [1.29, 1.82) is 0 Å². The lowest BCUT2D eigenvalue weighted by molar-refractivity contribution is -0.150. The molecular formula is C15H18O2. The van der Waals surface area contributed by atoms with E-state index in [0.29, 0.717) is 0 Å². The lowest BCUT2D eigenvalue weighted by Crippen LogP contribution is -2.24. The molecule has 0 heterocycles. The minimum Gasteiger partial charge on any atom is -0.457 e. The fourth-order valence-electron chi connectivity index (χ4n) is 2.04. The Balaban J connectivity index is 2.27. The number of allylic oxidation sites excluding steroid dienone is 7. The predicted octanol–water partition coefficient (Wildman–Crippen LogP) is 3.47. The van der Waals surface area contributed by atoms with Crippen LogP contribution in [0.3, 0.4) is 0 Å². The molecule has 2 aliphatic carbocycles. The third kappa shape index (κ3) is 2.76. The Labute approximate surface area is 102 Å². The SMILES string of the molecule is CC(C)(C)OC(=O)C1=C2C=CC=CC=C2CC1. The van der Waals surface area contributed by atoms with E-state index >= 15 is 0 Å². The van der Waals surface area contributed by atoms with E-state index in [1.807, 2.05) is 45.1 Å². The second kappa shape index (κ2) is 4.36. The summed E-state index contributed by atoms with van der Waals surface area (Å²) < 4.78 is 5.43. The van der Waals surface area contributed by atoms with E-state index in [-0.39, 0.29) is 5.97 Å². The van der Waals surface area contributed by atoms with E-state index in [1.54, 1.807) is 0 Å². The summed E-state index contributed by atoms with van der Waals surface area (Å²) in [5.41, 5.74) is 2.66. The number of esters is 1. The van der Waals surface area contributed by atoms with Gasteiger partial charge in [0.2, 0.25) is 0 Å². The maximum Gasteiger partial charge on any atom is 0.335 e. The van der Waals surface area contributed by atoms with Gasteiger partial charge in [-0.3, -0.25) is 0 Å². The first-order chi connectivity index (χ1) is 7.97. The molecule has 0 spiro atoms. The number of fused-ring (bicyclic) bond motifs is 1. The fourth-order valence-corrected chi connectivity index (χ4v) is 2.04. The highest BCUT2D eigenvalue weighted by Gasteiger charge is 2.27. The molecule has 0 amide bonds. The monoisotopic (exact) mass is 230 g/mol. The van der Waals surface area contributed by atoms with Gasteiger partial charge in [-0.15, -0.1) is 0 Å². The average molecular weight is 230 g/mol. The van der Waals surface area contributed by atoms with Crippen LogP contribution in [0.2, 0.25) is 0 Å². The normalized spacial score (nSPS) is 18.9. The lowest BCUT2D eigenvalue weighted by atomic mass is 10.1. The molecule has 0 radical (unpaired) electrons. The van der Waals surface area contributed by atoms with Crippen LogP contribution >= 0.6 is 0 Å². The summed E-state index contributed by atoms with van der Waals surface area (Å²) in [5, 5.41) is 0. The Bertz CT molecular complexity index is 454. The zero-order valence-corrected chi connectivity index (χ0v) is 10.6. The van der Waals surface area contributed by atoms with Crippen LogP contribution in [0, 0.1) is 0 Å². The molecule has 0 aliphatic heterocycles. The molecule has 0 aromatic rings. The topological polar surface area (TPSA) is 26.3 Å². The second-order valence-electron chi connectivity index (χ2n) is 5.33. The van der Waals surface area contributed by atoms with Crippen LogP contribution in [0.1, 0.15) is 33.6 Å². The van der Waals surface area contributed by atoms with Crippen molar-refractivity contribution in [3.8, 4) is 0 Å². The Morgan fingerprint density at radius 1 is 1.18 bits per heavy atom. The van der Waals surface area contributed by atoms with Crippen LogP contribution in [0.15, 0.2) is 47.1 Å². The summed E-state index contributed by atoms with van der Waals surface area (Å²) in [5.74, 6) is -0.178. The maximum absolute atomic E-state index is 12.1. The van der Waals surface area contributed by atoms with Crippen molar-refractivity contribution in [3.05, 3.63) is 47.1 Å². The van der Waals surface area contributed by atoms with Gasteiger partial charge >= 0.3 is 5.97 Å². The van der Waals surface area contributed by atoms with Gasteiger partial charge in [0.1, 0.15) is 5.60 Å². The van der Waals surface area contributed by atoms with Crippen LogP contribution in [-0.4, -0.2) is 11.6 Å². The molecule has 0 unspecified atom stereocenters. The second-order valence-corrected chi connectivity index (χ2v) is 5.33. The third-order valence-electron chi connectivity index (χ3n) is 2.74. The molecule has 0 bridgehead atoms. The number of hydrogen-bond acceptors (Lipinski definition) is 2. The molecule has 0 atom stereocenters. The van der Waals surface area contributed by atoms with E-state index in [9.17, 15) is 4.79 Å². The van der Waals surface area contributed by atoms with Crippen LogP contribution in [0.5, 0.6) is 0 Å². The van der Waals surface area contributed by atoms with Gasteiger partial charge < -0.3 is 4.74 Å². The number of ether oxygens (including phenoxy) is 1. The summed E-state index contributed by atoms with van der Waals surface area (Å²) in [4.78, 5) is 12.1. The van der Waals surface area contributed by atoms with Gasteiger partial charge in [-0.25, -0.2) is 4.79 Å². The standard InChI is InChI=1S/C15H18O2/c1-15(2,3)17-14(16)13-10-9-11-7-5-4-6-8-12(11)13/h4-8H,9-10H2,1-3H3. The van der Waals surface area contributed by atoms with Crippen LogP contribution in [0.4, 0.5) is 0 Å². The maximum atomic E-state index is 12.1. The molecule has 2 heteroatoms. The molecule has 90 valence electrons. The van der Waals surface area contributed by atoms with E-state index in [1.165, 1.54) is 5.57 Å². The van der Waals surface area contributed by atoms with Gasteiger partial charge in [-0.05, 0) is 44.8 Å². The Morgan fingerprint density at radius 3 is 2.65 bits per heavy atom. The smallest absolute Gasteiger partial charge is 0.335 e. The van der Waals surface area contributed by atoms with E-state index < -0.39 is 5.60 Å². The van der Waals surface area contributed by atoms with Crippen LogP contribution in [-0.2, 0) is 9.53 Å². The Hall–Kier alpha value is -1.57. The molecule has 0 saturated carbocycles. The Kier molecular flexibility index (Phi) is 3.05. The van der Waals surface area contributed by atoms with E-state index in [4.69, 9.17) is 4.74 Å². The first-order valence-corrected chi connectivity index (χ1v) is 5.98. The van der Waals surface area contributed by atoms with Crippen molar-refractivity contribution < 1.29 is 9.53 Å². The van der Waals surface area contributed by atoms with Gasteiger partial charge in [0, 0.05) is 5.57 Å². The molecule has 0 saturated heterocycles. The van der Waals surface area contributed by atoms with Crippen molar-refractivity contribution in [2.45, 2.75) is 39.2 Å². The highest BCUT2D eigenvalue weighted by molar-refractivity contribution is 5.92. The summed E-state index contributed by atoms with van der Waals surface area (Å²) in [6.07, 6.45) is 11.7. The molecule has 2 aliphatic rings. The fraction of sp³-hybridized carbons (Fsp3) is 0.400. The summed E-state index contributed by atoms with van der Waals surface area (Å²) in [6.45, 7) is 5.69. The highest BCUT2D eigenvalue weighted by atomic mass is 16.6. The summed E-state index contributed by atoms with van der Waals surface area (Å²) in [7, 11) is 0. The van der Waals surface area contributed by atoms with Crippen LogP contribution < -0.4 is 0 Å². The molecule has 2 rings (SSSR count). The van der Waals surface area contributed by atoms with Crippen LogP contribution in [0.25, 0.3) is 0 Å².